The molecule has 96 valence electrons. The molecule has 1 saturated heterocycles. The highest BCUT2D eigenvalue weighted by molar-refractivity contribution is 5.89. The van der Waals surface area contributed by atoms with Crippen molar-refractivity contribution in [2.24, 2.45) is 0 Å². The zero-order chi connectivity index (χ0) is 13.0. The number of hydrogen-bond acceptors (Lipinski definition) is 2. The fourth-order valence-electron chi connectivity index (χ4n) is 1.96. The van der Waals surface area contributed by atoms with Crippen LogP contribution >= 0.6 is 0 Å². The summed E-state index contributed by atoms with van der Waals surface area (Å²) in [6.45, 7) is 4.35. The van der Waals surface area contributed by atoms with E-state index < -0.39 is 0 Å². The number of urea groups is 1. The molecule has 1 N–H and O–H groups in total. The molecule has 3 amide bonds. The number of carbonyl (C=O) groups is 2. The Morgan fingerprint density at radius 1 is 1.28 bits per heavy atom. The van der Waals surface area contributed by atoms with Gasteiger partial charge in [0.25, 0.3) is 0 Å². The molecule has 1 heterocycles. The van der Waals surface area contributed by atoms with Crippen LogP contribution in [0.4, 0.5) is 10.5 Å². The summed E-state index contributed by atoms with van der Waals surface area (Å²) in [6.07, 6.45) is 0.829. The molecule has 1 aromatic rings. The molecule has 0 saturated carbocycles. The lowest BCUT2D eigenvalue weighted by atomic mass is 10.2. The number of amides is 3. The number of piperazine rings is 1. The lowest BCUT2D eigenvalue weighted by molar-refractivity contribution is -0.119. The maximum absolute atomic E-state index is 12.0. The Labute approximate surface area is 106 Å². The van der Waals surface area contributed by atoms with E-state index in [4.69, 9.17) is 0 Å². The lowest BCUT2D eigenvalue weighted by Gasteiger charge is -2.32. The molecule has 1 aliphatic rings. The molecule has 1 fully saturated rings. The van der Waals surface area contributed by atoms with E-state index in [1.165, 1.54) is 0 Å². The minimum atomic E-state index is -0.105. The zero-order valence-electron chi connectivity index (χ0n) is 10.4. The van der Waals surface area contributed by atoms with Gasteiger partial charge >= 0.3 is 6.03 Å². The number of benzene rings is 1. The van der Waals surface area contributed by atoms with Crippen molar-refractivity contribution >= 4 is 18.1 Å². The standard InChI is InChI=1S/C13H17N3O2/c1-11-3-2-4-12(9-11)14-13(18)16-7-5-15(10-17)6-8-16/h2-4,9-10H,5-8H2,1H3,(H,14,18). The van der Waals surface area contributed by atoms with Crippen LogP contribution < -0.4 is 5.32 Å². The second-order valence-electron chi connectivity index (χ2n) is 4.43. The lowest BCUT2D eigenvalue weighted by Crippen LogP contribution is -2.49. The van der Waals surface area contributed by atoms with Crippen molar-refractivity contribution < 1.29 is 9.59 Å². The number of aryl methyl sites for hydroxylation is 1. The molecule has 2 rings (SSSR count). The molecule has 0 atom stereocenters. The number of nitrogens with one attached hydrogen (secondary N) is 1. The molecule has 0 radical (unpaired) electrons. The van der Waals surface area contributed by atoms with Gasteiger partial charge in [-0.05, 0) is 24.6 Å². The second-order valence-corrected chi connectivity index (χ2v) is 4.43. The van der Waals surface area contributed by atoms with E-state index in [-0.39, 0.29) is 6.03 Å². The molecular weight excluding hydrogens is 230 g/mol. The molecule has 0 spiro atoms. The third kappa shape index (κ3) is 3.00. The van der Waals surface area contributed by atoms with E-state index in [2.05, 4.69) is 5.32 Å². The Hall–Kier alpha value is -2.04. The van der Waals surface area contributed by atoms with Gasteiger partial charge in [0, 0.05) is 31.9 Å². The number of carbonyl (C=O) groups excluding carboxylic acids is 2. The first kappa shape index (κ1) is 12.4. The Morgan fingerprint density at radius 2 is 2.00 bits per heavy atom. The maximum Gasteiger partial charge on any atom is 0.321 e. The van der Waals surface area contributed by atoms with E-state index in [0.29, 0.717) is 26.2 Å². The summed E-state index contributed by atoms with van der Waals surface area (Å²) in [5.41, 5.74) is 1.91. The Kier molecular flexibility index (Phi) is 3.82. The quantitative estimate of drug-likeness (QED) is 0.801. The first-order chi connectivity index (χ1) is 8.69. The summed E-state index contributed by atoms with van der Waals surface area (Å²) < 4.78 is 0. The van der Waals surface area contributed by atoms with E-state index in [1.54, 1.807) is 9.80 Å². The van der Waals surface area contributed by atoms with Crippen LogP contribution in [0.3, 0.4) is 0 Å². The van der Waals surface area contributed by atoms with Gasteiger partial charge in [-0.1, -0.05) is 12.1 Å². The fraction of sp³-hybridized carbons (Fsp3) is 0.385. The van der Waals surface area contributed by atoms with Crippen molar-refractivity contribution in [3.8, 4) is 0 Å². The molecule has 0 bridgehead atoms. The van der Waals surface area contributed by atoms with Gasteiger partial charge in [0.15, 0.2) is 0 Å². The van der Waals surface area contributed by atoms with Crippen LogP contribution in [0.15, 0.2) is 24.3 Å². The second kappa shape index (κ2) is 5.53. The van der Waals surface area contributed by atoms with Crippen LogP contribution in [0.2, 0.25) is 0 Å². The van der Waals surface area contributed by atoms with Gasteiger partial charge in [0.1, 0.15) is 0 Å². The normalized spacial score (nSPS) is 15.4. The van der Waals surface area contributed by atoms with Crippen LogP contribution in [0.5, 0.6) is 0 Å². The summed E-state index contributed by atoms with van der Waals surface area (Å²) in [4.78, 5) is 26.0. The Morgan fingerprint density at radius 3 is 2.61 bits per heavy atom. The molecule has 1 aliphatic heterocycles. The summed E-state index contributed by atoms with van der Waals surface area (Å²) in [5, 5.41) is 2.87. The number of hydrogen-bond donors (Lipinski definition) is 1. The largest absolute Gasteiger partial charge is 0.342 e. The van der Waals surface area contributed by atoms with Gasteiger partial charge in [0.2, 0.25) is 6.41 Å². The predicted octanol–water partition coefficient (Wildman–Crippen LogP) is 1.30. The van der Waals surface area contributed by atoms with Crippen molar-refractivity contribution in [3.63, 3.8) is 0 Å². The molecule has 0 aromatic heterocycles. The summed E-state index contributed by atoms with van der Waals surface area (Å²) in [7, 11) is 0. The van der Waals surface area contributed by atoms with Crippen LogP contribution in [-0.4, -0.2) is 48.4 Å². The van der Waals surface area contributed by atoms with Gasteiger partial charge in [-0.15, -0.1) is 0 Å². The van der Waals surface area contributed by atoms with Gasteiger partial charge in [0.05, 0.1) is 0 Å². The summed E-state index contributed by atoms with van der Waals surface area (Å²) >= 11 is 0. The minimum absolute atomic E-state index is 0.105. The van der Waals surface area contributed by atoms with Crippen molar-refractivity contribution in [3.05, 3.63) is 29.8 Å². The maximum atomic E-state index is 12.0. The van der Waals surface area contributed by atoms with Crippen LogP contribution in [0.25, 0.3) is 0 Å². The van der Waals surface area contributed by atoms with Gasteiger partial charge < -0.3 is 15.1 Å². The minimum Gasteiger partial charge on any atom is -0.342 e. The average Bonchev–Trinajstić information content (AvgIpc) is 2.39. The van der Waals surface area contributed by atoms with Crippen molar-refractivity contribution in [1.82, 2.24) is 9.80 Å². The SMILES string of the molecule is Cc1cccc(NC(=O)N2CCN(C=O)CC2)c1. The Bertz CT molecular complexity index is 440. The number of rotatable bonds is 2. The highest BCUT2D eigenvalue weighted by Gasteiger charge is 2.19. The zero-order valence-corrected chi connectivity index (χ0v) is 10.4. The third-order valence-corrected chi connectivity index (χ3v) is 3.02. The number of anilines is 1. The van der Waals surface area contributed by atoms with Crippen LogP contribution in [0, 0.1) is 6.92 Å². The highest BCUT2D eigenvalue weighted by Crippen LogP contribution is 2.11. The van der Waals surface area contributed by atoms with Gasteiger partial charge in [-0.25, -0.2) is 4.79 Å². The van der Waals surface area contributed by atoms with E-state index in [0.717, 1.165) is 17.7 Å². The number of nitrogens with zero attached hydrogens (tertiary/aromatic N) is 2. The topological polar surface area (TPSA) is 52.7 Å². The van der Waals surface area contributed by atoms with Crippen molar-refractivity contribution in [1.29, 1.82) is 0 Å². The van der Waals surface area contributed by atoms with E-state index >= 15 is 0 Å². The summed E-state index contributed by atoms with van der Waals surface area (Å²) in [5.74, 6) is 0. The van der Waals surface area contributed by atoms with Gasteiger partial charge in [-0.3, -0.25) is 4.79 Å². The fourth-order valence-corrected chi connectivity index (χ4v) is 1.96. The van der Waals surface area contributed by atoms with Gasteiger partial charge in [-0.2, -0.15) is 0 Å². The third-order valence-electron chi connectivity index (χ3n) is 3.02. The van der Waals surface area contributed by atoms with E-state index in [9.17, 15) is 9.59 Å². The molecule has 18 heavy (non-hydrogen) atoms. The van der Waals surface area contributed by atoms with Crippen LogP contribution in [0.1, 0.15) is 5.56 Å². The Balaban J connectivity index is 1.91. The summed E-state index contributed by atoms with van der Waals surface area (Å²) in [6, 6.07) is 7.59. The smallest absolute Gasteiger partial charge is 0.321 e. The molecule has 5 nitrogen and oxygen atoms in total. The van der Waals surface area contributed by atoms with E-state index in [1.807, 2.05) is 31.2 Å². The predicted molar refractivity (Wildman–Crippen MR) is 69.4 cm³/mol. The molecule has 0 unspecified atom stereocenters. The molecule has 5 heteroatoms. The van der Waals surface area contributed by atoms with Crippen LogP contribution in [-0.2, 0) is 4.79 Å². The highest BCUT2D eigenvalue weighted by atomic mass is 16.2. The molecule has 1 aromatic carbocycles. The van der Waals surface area contributed by atoms with Crippen molar-refractivity contribution in [2.75, 3.05) is 31.5 Å². The first-order valence-electron chi connectivity index (χ1n) is 6.01. The molecular formula is C13H17N3O2. The first-order valence-corrected chi connectivity index (χ1v) is 6.01. The molecule has 0 aliphatic carbocycles. The monoisotopic (exact) mass is 247 g/mol. The van der Waals surface area contributed by atoms with Crippen molar-refractivity contribution in [2.45, 2.75) is 6.92 Å². The average molecular weight is 247 g/mol.